The molecule has 0 spiro atoms. The van der Waals surface area contributed by atoms with Gasteiger partial charge >= 0.3 is 0 Å². The highest BCUT2D eigenvalue weighted by Gasteiger charge is 2.45. The molecule has 1 unspecified atom stereocenters. The molecule has 0 amide bonds. The van der Waals surface area contributed by atoms with Crippen LogP contribution in [0, 0.1) is 5.92 Å². The molecule has 6 N–H and O–H groups in total. The molecule has 0 saturated heterocycles. The summed E-state index contributed by atoms with van der Waals surface area (Å²) in [6.45, 7) is 0. The molecule has 1 fully saturated rings. The molecule has 0 bridgehead atoms. The molecule has 1 atom stereocenters. The Labute approximate surface area is 132 Å². The molecule has 1 aliphatic heterocycles. The number of nitrogens with one attached hydrogen (secondary N) is 2. The first-order valence-corrected chi connectivity index (χ1v) is 8.14. The summed E-state index contributed by atoms with van der Waals surface area (Å²) in [4.78, 5) is 8.77. The van der Waals surface area contributed by atoms with Crippen LogP contribution < -0.4 is 22.1 Å². The molecule has 0 radical (unpaired) electrons. The summed E-state index contributed by atoms with van der Waals surface area (Å²) in [5.41, 5.74) is 13.3. The van der Waals surface area contributed by atoms with Gasteiger partial charge in [-0.05, 0) is 43.3 Å². The van der Waals surface area contributed by atoms with E-state index in [0.29, 0.717) is 17.7 Å². The van der Waals surface area contributed by atoms with Crippen molar-refractivity contribution < 1.29 is 0 Å². The van der Waals surface area contributed by atoms with E-state index >= 15 is 0 Å². The number of allylic oxidation sites excluding steroid dienone is 2. The topological polar surface area (TPSA) is 102 Å². The van der Waals surface area contributed by atoms with Crippen molar-refractivity contribution in [3.05, 3.63) is 42.4 Å². The molecule has 4 rings (SSSR count). The summed E-state index contributed by atoms with van der Waals surface area (Å²) in [7, 11) is 0. The molecule has 114 valence electrons. The number of nitrogens with two attached hydrogens (primary N) is 2. The minimum atomic E-state index is -0.623. The van der Waals surface area contributed by atoms with Crippen molar-refractivity contribution in [2.75, 3.05) is 5.32 Å². The Morgan fingerprint density at radius 3 is 3.05 bits per heavy atom. The van der Waals surface area contributed by atoms with Gasteiger partial charge in [-0.3, -0.25) is 0 Å². The minimum absolute atomic E-state index is 0.318. The van der Waals surface area contributed by atoms with Crippen LogP contribution >= 0.6 is 11.3 Å². The van der Waals surface area contributed by atoms with Crippen LogP contribution in [0.4, 0.5) is 5.13 Å². The highest BCUT2D eigenvalue weighted by atomic mass is 32.1. The summed E-state index contributed by atoms with van der Waals surface area (Å²) < 4.78 is 1.10. The highest BCUT2D eigenvalue weighted by molar-refractivity contribution is 7.22. The summed E-state index contributed by atoms with van der Waals surface area (Å²) in [5, 5.41) is 7.60. The lowest BCUT2D eigenvalue weighted by Crippen LogP contribution is -2.65. The third kappa shape index (κ3) is 2.13. The van der Waals surface area contributed by atoms with E-state index < -0.39 is 5.66 Å². The highest BCUT2D eigenvalue weighted by Crippen LogP contribution is 2.39. The molecule has 2 aromatic heterocycles. The van der Waals surface area contributed by atoms with Crippen LogP contribution in [0.3, 0.4) is 0 Å². The van der Waals surface area contributed by atoms with E-state index in [0.717, 1.165) is 28.3 Å². The molecule has 22 heavy (non-hydrogen) atoms. The first-order valence-electron chi connectivity index (χ1n) is 7.32. The molecule has 1 aliphatic carbocycles. The molecular formula is C15H18N6S. The van der Waals surface area contributed by atoms with E-state index in [-0.39, 0.29) is 0 Å². The number of aromatic nitrogens is 2. The van der Waals surface area contributed by atoms with E-state index in [1.165, 1.54) is 0 Å². The van der Waals surface area contributed by atoms with Gasteiger partial charge in [0.1, 0.15) is 5.66 Å². The summed E-state index contributed by atoms with van der Waals surface area (Å²) in [6, 6.07) is 4.35. The molecule has 2 aliphatic rings. The van der Waals surface area contributed by atoms with Crippen molar-refractivity contribution in [1.29, 1.82) is 0 Å². The van der Waals surface area contributed by atoms with Gasteiger partial charge in [-0.2, -0.15) is 0 Å². The van der Waals surface area contributed by atoms with Crippen molar-refractivity contribution in [3.8, 4) is 0 Å². The molecule has 3 heterocycles. The number of pyridine rings is 1. The molecule has 1 saturated carbocycles. The Morgan fingerprint density at radius 2 is 2.27 bits per heavy atom. The number of rotatable bonds is 3. The van der Waals surface area contributed by atoms with Gasteiger partial charge in [0.15, 0.2) is 10.8 Å². The van der Waals surface area contributed by atoms with Gasteiger partial charge in [0, 0.05) is 23.9 Å². The van der Waals surface area contributed by atoms with E-state index in [2.05, 4.69) is 20.6 Å². The fraction of sp³-hybridized carbons (Fsp3) is 0.333. The molecule has 2 aromatic rings. The molecule has 6 nitrogen and oxygen atoms in total. The largest absolute Gasteiger partial charge is 0.399 e. The third-order valence-corrected chi connectivity index (χ3v) is 5.39. The van der Waals surface area contributed by atoms with Crippen molar-refractivity contribution in [3.63, 3.8) is 0 Å². The lowest BCUT2D eigenvalue weighted by atomic mass is 9.70. The zero-order valence-corrected chi connectivity index (χ0v) is 12.8. The van der Waals surface area contributed by atoms with Crippen molar-refractivity contribution >= 4 is 26.8 Å². The van der Waals surface area contributed by atoms with E-state index in [4.69, 9.17) is 11.5 Å². The van der Waals surface area contributed by atoms with Gasteiger partial charge in [-0.15, -0.1) is 0 Å². The van der Waals surface area contributed by atoms with Crippen molar-refractivity contribution in [1.82, 2.24) is 15.3 Å². The predicted molar refractivity (Wildman–Crippen MR) is 89.0 cm³/mol. The first-order chi connectivity index (χ1) is 10.6. The van der Waals surface area contributed by atoms with E-state index in [1.807, 2.05) is 30.5 Å². The Morgan fingerprint density at radius 1 is 1.41 bits per heavy atom. The van der Waals surface area contributed by atoms with Gasteiger partial charge in [-0.25, -0.2) is 9.97 Å². The average molecular weight is 314 g/mol. The van der Waals surface area contributed by atoms with Crippen LogP contribution in [0.25, 0.3) is 10.3 Å². The number of dihydropyridines is 1. The number of hydrogen-bond donors (Lipinski definition) is 4. The van der Waals surface area contributed by atoms with Crippen LogP contribution in [0.2, 0.25) is 0 Å². The van der Waals surface area contributed by atoms with Crippen LogP contribution in [-0.4, -0.2) is 21.7 Å². The van der Waals surface area contributed by atoms with Gasteiger partial charge in [0.25, 0.3) is 0 Å². The van der Waals surface area contributed by atoms with Crippen LogP contribution in [0.1, 0.15) is 12.8 Å². The van der Waals surface area contributed by atoms with Crippen molar-refractivity contribution in [2.45, 2.75) is 24.5 Å². The predicted octanol–water partition coefficient (Wildman–Crippen LogP) is 1.50. The second kappa shape index (κ2) is 4.96. The summed E-state index contributed by atoms with van der Waals surface area (Å²) in [6.07, 6.45) is 9.31. The summed E-state index contributed by atoms with van der Waals surface area (Å²) in [5.74, 6) is 0.318. The Kier molecular flexibility index (Phi) is 3.05. The number of fused-ring (bicyclic) bond motifs is 1. The van der Waals surface area contributed by atoms with E-state index in [9.17, 15) is 0 Å². The second-order valence-electron chi connectivity index (χ2n) is 5.85. The minimum Gasteiger partial charge on any atom is -0.399 e. The number of nitrogens with zero attached hydrogens (tertiary/aromatic N) is 2. The number of thiazole rings is 1. The number of hydrogen-bond acceptors (Lipinski definition) is 7. The second-order valence-corrected chi connectivity index (χ2v) is 6.88. The van der Waals surface area contributed by atoms with Crippen LogP contribution in [0.15, 0.2) is 42.4 Å². The Hall–Kier alpha value is -2.12. The maximum Gasteiger partial charge on any atom is 0.185 e. The van der Waals surface area contributed by atoms with E-state index in [1.54, 1.807) is 17.5 Å². The zero-order chi connectivity index (χ0) is 15.2. The maximum atomic E-state index is 6.42. The normalized spacial score (nSPS) is 30.5. The Balaban J connectivity index is 1.41. The lowest BCUT2D eigenvalue weighted by Gasteiger charge is -2.48. The number of anilines is 1. The molecule has 0 aromatic carbocycles. The van der Waals surface area contributed by atoms with Crippen molar-refractivity contribution in [2.24, 2.45) is 17.4 Å². The fourth-order valence-electron chi connectivity index (χ4n) is 3.03. The SMILES string of the molecule is NC1=CC=CNC1(N)C1CC(Nc2nc3ncccc3s2)C1. The average Bonchev–Trinajstić information content (AvgIpc) is 2.88. The van der Waals surface area contributed by atoms with Crippen LogP contribution in [-0.2, 0) is 0 Å². The fourth-order valence-corrected chi connectivity index (χ4v) is 3.93. The van der Waals surface area contributed by atoms with Gasteiger partial charge in [-0.1, -0.05) is 11.3 Å². The smallest absolute Gasteiger partial charge is 0.185 e. The zero-order valence-electron chi connectivity index (χ0n) is 12.0. The summed E-state index contributed by atoms with van der Waals surface area (Å²) >= 11 is 1.63. The van der Waals surface area contributed by atoms with Gasteiger partial charge in [0.2, 0.25) is 0 Å². The standard InChI is InChI=1S/C15H18N6S/c16-12-4-2-6-19-15(12,17)9-7-10(8-9)20-14-21-13-11(22-14)3-1-5-18-13/h1-6,9-10,19H,7-8,16-17H2,(H,18,20,21). The van der Waals surface area contributed by atoms with Gasteiger partial charge in [0.05, 0.1) is 4.70 Å². The third-order valence-electron chi connectivity index (χ3n) is 4.45. The quantitative estimate of drug-likeness (QED) is 0.685. The molecular weight excluding hydrogens is 296 g/mol. The lowest BCUT2D eigenvalue weighted by molar-refractivity contribution is 0.158. The maximum absolute atomic E-state index is 6.42. The van der Waals surface area contributed by atoms with Gasteiger partial charge < -0.3 is 22.1 Å². The first kappa shape index (κ1) is 13.5. The Bertz CT molecular complexity index is 727. The monoisotopic (exact) mass is 314 g/mol. The van der Waals surface area contributed by atoms with Crippen LogP contribution in [0.5, 0.6) is 0 Å². The molecule has 7 heteroatoms.